The molecule has 5 rings (SSSR count). The van der Waals surface area contributed by atoms with Crippen LogP contribution in [0.25, 0.3) is 16.7 Å². The van der Waals surface area contributed by atoms with Crippen LogP contribution in [0.1, 0.15) is 12.8 Å². The molecule has 134 valence electrons. The normalized spacial score (nSPS) is 13.9. The van der Waals surface area contributed by atoms with E-state index in [2.05, 4.69) is 27.2 Å². The lowest BCUT2D eigenvalue weighted by Gasteiger charge is -2.25. The van der Waals surface area contributed by atoms with E-state index in [4.69, 9.17) is 4.98 Å². The minimum absolute atomic E-state index is 0.0307. The van der Waals surface area contributed by atoms with Gasteiger partial charge >= 0.3 is 0 Å². The van der Waals surface area contributed by atoms with E-state index in [1.807, 2.05) is 18.2 Å². The second-order valence-electron chi connectivity index (χ2n) is 6.78. The van der Waals surface area contributed by atoms with Gasteiger partial charge in [0, 0.05) is 29.8 Å². The highest BCUT2D eigenvalue weighted by atomic mass is 16.6. The molecule has 2 aromatic carbocycles. The van der Waals surface area contributed by atoms with Gasteiger partial charge in [-0.05, 0) is 37.0 Å². The van der Waals surface area contributed by atoms with Crippen LogP contribution in [0.3, 0.4) is 0 Å². The third-order valence-corrected chi connectivity index (χ3v) is 4.89. The van der Waals surface area contributed by atoms with Crippen LogP contribution >= 0.6 is 0 Å². The van der Waals surface area contributed by atoms with Gasteiger partial charge in [-0.2, -0.15) is 4.98 Å². The second kappa shape index (κ2) is 6.01. The molecule has 8 heteroatoms. The van der Waals surface area contributed by atoms with Crippen LogP contribution in [0.4, 0.5) is 17.2 Å². The Hall–Kier alpha value is -3.55. The van der Waals surface area contributed by atoms with Crippen molar-refractivity contribution in [3.05, 3.63) is 65.0 Å². The smallest absolute Gasteiger partial charge is 0.271 e. The van der Waals surface area contributed by atoms with Gasteiger partial charge in [0.1, 0.15) is 12.1 Å². The predicted molar refractivity (Wildman–Crippen MR) is 101 cm³/mol. The minimum Gasteiger partial charge on any atom is -0.325 e. The molecule has 0 aliphatic heterocycles. The van der Waals surface area contributed by atoms with E-state index < -0.39 is 4.92 Å². The lowest BCUT2D eigenvalue weighted by molar-refractivity contribution is -0.384. The maximum atomic E-state index is 11.3. The van der Waals surface area contributed by atoms with E-state index >= 15 is 0 Å². The van der Waals surface area contributed by atoms with E-state index in [9.17, 15) is 10.1 Å². The summed E-state index contributed by atoms with van der Waals surface area (Å²) >= 11 is 0. The van der Waals surface area contributed by atoms with Crippen LogP contribution < -0.4 is 4.90 Å². The molecule has 0 saturated heterocycles. The molecule has 0 bridgehead atoms. The molecule has 1 saturated carbocycles. The number of benzene rings is 2. The molecule has 0 spiro atoms. The van der Waals surface area contributed by atoms with Gasteiger partial charge in [-0.3, -0.25) is 14.5 Å². The number of non-ortho nitro benzene ring substituents is 1. The predicted octanol–water partition coefficient (Wildman–Crippen LogP) is 3.73. The minimum atomic E-state index is -0.394. The quantitative estimate of drug-likeness (QED) is 0.398. The van der Waals surface area contributed by atoms with Gasteiger partial charge < -0.3 is 4.90 Å². The standard InChI is InChI=1S/C19H16N6O2/c26-25(27)15-8-9-16-17(10-15)24-12-20-22-19(24)21-18(16)23(11-13-6-7-13)14-4-2-1-3-5-14/h1-5,8-10,12-13H,6-7,11H2. The number of rotatable bonds is 5. The zero-order valence-electron chi connectivity index (χ0n) is 14.4. The highest BCUT2D eigenvalue weighted by molar-refractivity contribution is 5.94. The first kappa shape index (κ1) is 15.7. The van der Waals surface area contributed by atoms with Crippen molar-refractivity contribution in [3.63, 3.8) is 0 Å². The van der Waals surface area contributed by atoms with Gasteiger partial charge in [0.05, 0.1) is 10.4 Å². The van der Waals surface area contributed by atoms with Crippen molar-refractivity contribution in [1.29, 1.82) is 0 Å². The molecule has 1 fully saturated rings. The van der Waals surface area contributed by atoms with Crippen molar-refractivity contribution < 1.29 is 4.92 Å². The summed E-state index contributed by atoms with van der Waals surface area (Å²) in [5, 5.41) is 20.1. The Kier molecular flexibility index (Phi) is 3.49. The molecule has 0 N–H and O–H groups in total. The van der Waals surface area contributed by atoms with Crippen LogP contribution in [0.2, 0.25) is 0 Å². The molecular weight excluding hydrogens is 344 g/mol. The zero-order valence-corrected chi connectivity index (χ0v) is 14.4. The largest absolute Gasteiger partial charge is 0.325 e. The van der Waals surface area contributed by atoms with Crippen LogP contribution in [-0.2, 0) is 0 Å². The van der Waals surface area contributed by atoms with Gasteiger partial charge in [0.25, 0.3) is 11.5 Å². The molecule has 2 aromatic heterocycles. The average Bonchev–Trinajstić information content (AvgIpc) is 3.39. The highest BCUT2D eigenvalue weighted by Crippen LogP contribution is 2.37. The number of nitro groups is 1. The number of hydrogen-bond donors (Lipinski definition) is 0. The molecular formula is C19H16N6O2. The Morgan fingerprint density at radius 1 is 1.19 bits per heavy atom. The Labute approximate surface area is 154 Å². The lowest BCUT2D eigenvalue weighted by Crippen LogP contribution is -2.21. The van der Waals surface area contributed by atoms with Gasteiger partial charge in [-0.25, -0.2) is 0 Å². The van der Waals surface area contributed by atoms with Crippen LogP contribution in [-0.4, -0.2) is 31.1 Å². The molecule has 0 unspecified atom stereocenters. The summed E-state index contributed by atoms with van der Waals surface area (Å²) < 4.78 is 1.69. The molecule has 2 heterocycles. The Morgan fingerprint density at radius 3 is 2.74 bits per heavy atom. The molecule has 0 atom stereocenters. The van der Waals surface area contributed by atoms with Crippen LogP contribution in [0, 0.1) is 16.0 Å². The van der Waals surface area contributed by atoms with Crippen molar-refractivity contribution in [2.75, 3.05) is 11.4 Å². The van der Waals surface area contributed by atoms with Crippen molar-refractivity contribution in [1.82, 2.24) is 19.6 Å². The fourth-order valence-electron chi connectivity index (χ4n) is 3.34. The van der Waals surface area contributed by atoms with Crippen molar-refractivity contribution >= 4 is 33.9 Å². The first-order chi connectivity index (χ1) is 13.2. The maximum Gasteiger partial charge on any atom is 0.271 e. The fraction of sp³-hybridized carbons (Fsp3) is 0.211. The Morgan fingerprint density at radius 2 is 2.00 bits per heavy atom. The van der Waals surface area contributed by atoms with Crippen LogP contribution in [0.5, 0.6) is 0 Å². The molecule has 8 nitrogen and oxygen atoms in total. The topological polar surface area (TPSA) is 89.5 Å². The summed E-state index contributed by atoms with van der Waals surface area (Å²) in [7, 11) is 0. The van der Waals surface area contributed by atoms with E-state index in [1.165, 1.54) is 25.2 Å². The summed E-state index contributed by atoms with van der Waals surface area (Å²) in [6, 6.07) is 14.9. The highest BCUT2D eigenvalue weighted by Gasteiger charge is 2.27. The molecule has 4 aromatic rings. The van der Waals surface area contributed by atoms with E-state index in [0.717, 1.165) is 23.4 Å². The first-order valence-electron chi connectivity index (χ1n) is 8.81. The van der Waals surface area contributed by atoms with Crippen molar-refractivity contribution in [2.24, 2.45) is 5.92 Å². The number of aromatic nitrogens is 4. The van der Waals surface area contributed by atoms with E-state index in [0.29, 0.717) is 17.2 Å². The maximum absolute atomic E-state index is 11.3. The number of anilines is 2. The van der Waals surface area contributed by atoms with Gasteiger partial charge in [0.2, 0.25) is 0 Å². The summed E-state index contributed by atoms with van der Waals surface area (Å²) in [4.78, 5) is 17.8. The average molecular weight is 360 g/mol. The third-order valence-electron chi connectivity index (χ3n) is 4.89. The van der Waals surface area contributed by atoms with Gasteiger partial charge in [-0.15, -0.1) is 10.2 Å². The number of nitro benzene ring substituents is 1. The van der Waals surface area contributed by atoms with Gasteiger partial charge in [0.15, 0.2) is 0 Å². The second-order valence-corrected chi connectivity index (χ2v) is 6.78. The van der Waals surface area contributed by atoms with Crippen molar-refractivity contribution in [2.45, 2.75) is 12.8 Å². The summed E-state index contributed by atoms with van der Waals surface area (Å²) in [6.45, 7) is 0.855. The fourth-order valence-corrected chi connectivity index (χ4v) is 3.34. The Balaban J connectivity index is 1.77. The van der Waals surface area contributed by atoms with Crippen molar-refractivity contribution in [3.8, 4) is 0 Å². The van der Waals surface area contributed by atoms with E-state index in [1.54, 1.807) is 16.5 Å². The summed E-state index contributed by atoms with van der Waals surface area (Å²) in [5.41, 5.74) is 1.74. The number of hydrogen-bond acceptors (Lipinski definition) is 6. The molecule has 1 aliphatic carbocycles. The molecule has 1 aliphatic rings. The van der Waals surface area contributed by atoms with Gasteiger partial charge in [-0.1, -0.05) is 18.2 Å². The summed E-state index contributed by atoms with van der Waals surface area (Å²) in [5.74, 6) is 1.81. The number of para-hydroxylation sites is 1. The zero-order chi connectivity index (χ0) is 18.4. The first-order valence-corrected chi connectivity index (χ1v) is 8.81. The lowest BCUT2D eigenvalue weighted by atomic mass is 10.1. The molecule has 27 heavy (non-hydrogen) atoms. The number of nitrogens with zero attached hydrogens (tertiary/aromatic N) is 6. The summed E-state index contributed by atoms with van der Waals surface area (Å²) in [6.07, 6.45) is 3.95. The van der Waals surface area contributed by atoms with E-state index in [-0.39, 0.29) is 5.69 Å². The van der Waals surface area contributed by atoms with Crippen LogP contribution in [0.15, 0.2) is 54.9 Å². The third kappa shape index (κ3) is 2.75. The number of fused-ring (bicyclic) bond motifs is 3. The Bertz CT molecular complexity index is 1150. The molecule has 0 amide bonds. The molecule has 0 radical (unpaired) electrons. The SMILES string of the molecule is O=[N+]([O-])c1ccc2c(N(CC3CC3)c3ccccc3)nc3nncn3c2c1. The monoisotopic (exact) mass is 360 g/mol.